The Hall–Kier alpha value is -2.78. The van der Waals surface area contributed by atoms with Crippen molar-refractivity contribution < 1.29 is 41.4 Å². The van der Waals surface area contributed by atoms with Gasteiger partial charge in [0.1, 0.15) is 11.5 Å². The predicted molar refractivity (Wildman–Crippen MR) is 85.5 cm³/mol. The molecule has 1 saturated carbocycles. The Balaban J connectivity index is 2.02. The lowest BCUT2D eigenvalue weighted by molar-refractivity contribution is -0.150. The molecule has 1 aromatic rings. The highest BCUT2D eigenvalue weighted by atomic mass is 19.3. The predicted octanol–water partition coefficient (Wildman–Crippen LogP) is 3.11. The van der Waals surface area contributed by atoms with Gasteiger partial charge in [0.15, 0.2) is 6.10 Å². The molecule has 1 amide bonds. The summed E-state index contributed by atoms with van der Waals surface area (Å²) < 4.78 is 62.7. The summed E-state index contributed by atoms with van der Waals surface area (Å²) in [5.74, 6) is -2.17. The van der Waals surface area contributed by atoms with E-state index in [1.165, 1.54) is 6.92 Å². The van der Waals surface area contributed by atoms with Crippen LogP contribution in [0.4, 0.5) is 17.6 Å². The summed E-state index contributed by atoms with van der Waals surface area (Å²) in [5.41, 5.74) is 0.00366. The number of amides is 1. The van der Waals surface area contributed by atoms with Crippen LogP contribution in [0, 0.1) is 0 Å². The lowest BCUT2D eigenvalue weighted by atomic mass is 10.1. The van der Waals surface area contributed by atoms with Crippen LogP contribution in [0.2, 0.25) is 0 Å². The van der Waals surface area contributed by atoms with Crippen molar-refractivity contribution in [3.63, 3.8) is 0 Å². The van der Waals surface area contributed by atoms with Crippen LogP contribution in [-0.4, -0.2) is 37.2 Å². The molecule has 2 rings (SSSR count). The molecule has 1 atom stereocenters. The number of rotatable bonds is 9. The van der Waals surface area contributed by atoms with Gasteiger partial charge in [0, 0.05) is 23.7 Å². The van der Waals surface area contributed by atoms with Crippen molar-refractivity contribution >= 4 is 18.0 Å². The number of hydrogen-bond donors (Lipinski definition) is 1. The highest BCUT2D eigenvalue weighted by Crippen LogP contribution is 2.28. The van der Waals surface area contributed by atoms with Crippen LogP contribution >= 0.6 is 0 Å². The van der Waals surface area contributed by atoms with E-state index < -0.39 is 37.0 Å². The first-order valence-corrected chi connectivity index (χ1v) is 7.97. The van der Waals surface area contributed by atoms with Gasteiger partial charge in [-0.3, -0.25) is 4.79 Å². The van der Waals surface area contributed by atoms with E-state index in [1.807, 2.05) is 0 Å². The standard InChI is InChI=1S/C17H17F4NO5/c1-9(15(24)22-11-4-5-11)25-14(23)7-3-10-2-6-12(26-16(18)19)8-13(10)27-17(20)21/h2-3,6-9,11,16-17H,4-5H2,1H3,(H,22,24)/b7-3+/t9-/m1/s1. The van der Waals surface area contributed by atoms with E-state index in [0.717, 1.165) is 43.2 Å². The second-order valence-corrected chi connectivity index (χ2v) is 5.65. The molecule has 1 N–H and O–H groups in total. The molecule has 0 aromatic heterocycles. The Morgan fingerprint density at radius 1 is 1.15 bits per heavy atom. The summed E-state index contributed by atoms with van der Waals surface area (Å²) in [4.78, 5) is 23.5. The molecule has 0 spiro atoms. The topological polar surface area (TPSA) is 73.9 Å². The summed E-state index contributed by atoms with van der Waals surface area (Å²) >= 11 is 0. The number of esters is 1. The van der Waals surface area contributed by atoms with Gasteiger partial charge in [-0.1, -0.05) is 0 Å². The Labute approximate surface area is 152 Å². The third-order valence-electron chi connectivity index (χ3n) is 3.41. The Morgan fingerprint density at radius 2 is 1.81 bits per heavy atom. The molecule has 0 bridgehead atoms. The molecular weight excluding hydrogens is 374 g/mol. The number of benzene rings is 1. The van der Waals surface area contributed by atoms with Gasteiger partial charge in [-0.25, -0.2) is 4.79 Å². The van der Waals surface area contributed by atoms with E-state index >= 15 is 0 Å². The van der Waals surface area contributed by atoms with Crippen molar-refractivity contribution in [3.05, 3.63) is 29.8 Å². The normalized spacial score (nSPS) is 15.1. The van der Waals surface area contributed by atoms with Gasteiger partial charge in [-0.15, -0.1) is 0 Å². The largest absolute Gasteiger partial charge is 0.449 e. The minimum atomic E-state index is -3.21. The number of carbonyl (C=O) groups is 2. The van der Waals surface area contributed by atoms with E-state index in [2.05, 4.69) is 14.8 Å². The fourth-order valence-electron chi connectivity index (χ4n) is 2.00. The van der Waals surface area contributed by atoms with Gasteiger partial charge >= 0.3 is 19.2 Å². The molecule has 1 fully saturated rings. The summed E-state index contributed by atoms with van der Waals surface area (Å²) in [6.07, 6.45) is 2.73. The summed E-state index contributed by atoms with van der Waals surface area (Å²) in [5, 5.41) is 2.67. The lowest BCUT2D eigenvalue weighted by Crippen LogP contribution is -2.36. The van der Waals surface area contributed by atoms with Crippen LogP contribution in [0.25, 0.3) is 6.08 Å². The third kappa shape index (κ3) is 7.16. The quantitative estimate of drug-likeness (QED) is 0.398. The molecule has 27 heavy (non-hydrogen) atoms. The molecule has 1 aromatic carbocycles. The highest BCUT2D eigenvalue weighted by Gasteiger charge is 2.26. The molecule has 0 radical (unpaired) electrons. The maximum atomic E-state index is 12.5. The second kappa shape index (κ2) is 9.24. The number of carbonyl (C=O) groups excluding carboxylic acids is 2. The maximum Gasteiger partial charge on any atom is 0.387 e. The first-order chi connectivity index (χ1) is 12.7. The van der Waals surface area contributed by atoms with Gasteiger partial charge in [0.05, 0.1) is 0 Å². The van der Waals surface area contributed by atoms with Crippen molar-refractivity contribution in [2.75, 3.05) is 0 Å². The number of ether oxygens (including phenoxy) is 3. The monoisotopic (exact) mass is 391 g/mol. The van der Waals surface area contributed by atoms with Gasteiger partial charge in [-0.05, 0) is 38.0 Å². The fraction of sp³-hybridized carbons (Fsp3) is 0.412. The van der Waals surface area contributed by atoms with Crippen LogP contribution in [0.5, 0.6) is 11.5 Å². The smallest absolute Gasteiger partial charge is 0.387 e. The van der Waals surface area contributed by atoms with Crippen LogP contribution in [0.1, 0.15) is 25.3 Å². The van der Waals surface area contributed by atoms with Gasteiger partial charge in [0.25, 0.3) is 5.91 Å². The third-order valence-corrected chi connectivity index (χ3v) is 3.41. The van der Waals surface area contributed by atoms with Crippen molar-refractivity contribution in [3.8, 4) is 11.5 Å². The molecule has 148 valence electrons. The summed E-state index contributed by atoms with van der Waals surface area (Å²) in [6.45, 7) is -4.95. The highest BCUT2D eigenvalue weighted by molar-refractivity contribution is 5.90. The number of halogens is 4. The molecule has 6 nitrogen and oxygen atoms in total. The fourth-order valence-corrected chi connectivity index (χ4v) is 2.00. The molecule has 1 aliphatic carbocycles. The summed E-state index contributed by atoms with van der Waals surface area (Å²) in [7, 11) is 0. The molecule has 0 heterocycles. The van der Waals surface area contributed by atoms with Crippen molar-refractivity contribution in [1.29, 1.82) is 0 Å². The van der Waals surface area contributed by atoms with Crippen LogP contribution in [-0.2, 0) is 14.3 Å². The van der Waals surface area contributed by atoms with Crippen molar-refractivity contribution in [1.82, 2.24) is 5.32 Å². The zero-order valence-electron chi connectivity index (χ0n) is 14.2. The zero-order valence-corrected chi connectivity index (χ0v) is 14.2. The van der Waals surface area contributed by atoms with E-state index in [-0.39, 0.29) is 17.4 Å². The van der Waals surface area contributed by atoms with Gasteiger partial charge in [-0.2, -0.15) is 17.6 Å². The molecule has 0 unspecified atom stereocenters. The lowest BCUT2D eigenvalue weighted by Gasteiger charge is -2.12. The number of nitrogens with one attached hydrogen (secondary N) is 1. The van der Waals surface area contributed by atoms with Crippen LogP contribution in [0.3, 0.4) is 0 Å². The Bertz CT molecular complexity index is 707. The van der Waals surface area contributed by atoms with E-state index in [1.54, 1.807) is 0 Å². The van der Waals surface area contributed by atoms with Crippen LogP contribution < -0.4 is 14.8 Å². The minimum Gasteiger partial charge on any atom is -0.449 e. The average molecular weight is 391 g/mol. The minimum absolute atomic E-state index is 0.00366. The van der Waals surface area contributed by atoms with Gasteiger partial charge < -0.3 is 19.5 Å². The first kappa shape index (κ1) is 20.5. The molecule has 0 aliphatic heterocycles. The second-order valence-electron chi connectivity index (χ2n) is 5.65. The van der Waals surface area contributed by atoms with E-state index in [0.29, 0.717) is 0 Å². The van der Waals surface area contributed by atoms with E-state index in [9.17, 15) is 27.2 Å². The summed E-state index contributed by atoms with van der Waals surface area (Å²) in [6, 6.07) is 3.20. The molecule has 10 heteroatoms. The molecule has 1 aliphatic rings. The molecule has 0 saturated heterocycles. The SMILES string of the molecule is C[C@@H](OC(=O)/C=C/c1ccc(OC(F)F)cc1OC(F)F)C(=O)NC1CC1. The van der Waals surface area contributed by atoms with Crippen LogP contribution in [0.15, 0.2) is 24.3 Å². The Morgan fingerprint density at radius 3 is 2.41 bits per heavy atom. The average Bonchev–Trinajstić information content (AvgIpc) is 3.36. The Kier molecular flexibility index (Phi) is 7.03. The van der Waals surface area contributed by atoms with E-state index in [4.69, 9.17) is 4.74 Å². The number of hydrogen-bond acceptors (Lipinski definition) is 5. The number of alkyl halides is 4. The molecular formula is C17H17F4NO5. The van der Waals surface area contributed by atoms with Crippen molar-refractivity contribution in [2.24, 2.45) is 0 Å². The van der Waals surface area contributed by atoms with Gasteiger partial charge in [0.2, 0.25) is 0 Å². The van der Waals surface area contributed by atoms with Crippen molar-refractivity contribution in [2.45, 2.75) is 45.1 Å². The zero-order chi connectivity index (χ0) is 20.0. The maximum absolute atomic E-state index is 12.5. The first-order valence-electron chi connectivity index (χ1n) is 7.97.